The molecular formula is C44H67N19O11. The molecule has 404 valence electrons. The maximum absolute atomic E-state index is 14.1. The van der Waals surface area contributed by atoms with Crippen molar-refractivity contribution in [2.75, 3.05) is 76.9 Å². The number of unbranched alkanes of at least 4 members (excludes halogenated alkanes) is 1. The number of fused-ring (bicyclic) bond motifs is 1. The van der Waals surface area contributed by atoms with Crippen LogP contribution in [-0.4, -0.2) is 178 Å². The molecule has 0 saturated carbocycles. The van der Waals surface area contributed by atoms with Crippen molar-refractivity contribution in [1.29, 1.82) is 0 Å². The third-order valence-electron chi connectivity index (χ3n) is 11.3. The average Bonchev–Trinajstić information content (AvgIpc) is 3.72. The fourth-order valence-electron chi connectivity index (χ4n) is 7.31. The van der Waals surface area contributed by atoms with Crippen molar-refractivity contribution in [3.63, 3.8) is 0 Å². The number of hydrogen-bond donors (Lipinski definition) is 10. The molecule has 4 heterocycles. The quantitative estimate of drug-likeness (QED) is 0.0226. The van der Waals surface area contributed by atoms with Crippen LogP contribution in [0.5, 0.6) is 0 Å². The van der Waals surface area contributed by atoms with Gasteiger partial charge < -0.3 is 58.2 Å². The van der Waals surface area contributed by atoms with Gasteiger partial charge >= 0.3 is 11.4 Å². The minimum Gasteiger partial charge on any atom is -0.383 e. The molecule has 0 aliphatic rings. The van der Waals surface area contributed by atoms with Gasteiger partial charge in [-0.25, -0.2) is 14.6 Å². The van der Waals surface area contributed by atoms with Crippen LogP contribution in [0, 0.1) is 6.92 Å². The fourth-order valence-corrected chi connectivity index (χ4v) is 7.31. The van der Waals surface area contributed by atoms with E-state index in [9.17, 15) is 52.7 Å². The first-order valence-corrected chi connectivity index (χ1v) is 23.6. The van der Waals surface area contributed by atoms with Gasteiger partial charge in [-0.3, -0.25) is 67.6 Å². The molecule has 4 aromatic rings. The number of imidazole rings is 1. The van der Waals surface area contributed by atoms with E-state index in [1.165, 1.54) is 36.3 Å². The molecule has 4 rings (SSSR count). The number of carbonyl (C=O) groups is 7. The second-order valence-electron chi connectivity index (χ2n) is 18.1. The highest BCUT2D eigenvalue weighted by atomic mass is 16.2. The van der Waals surface area contributed by atoms with E-state index >= 15 is 0 Å². The lowest BCUT2D eigenvalue weighted by Crippen LogP contribution is -2.59. The number of anilines is 2. The Morgan fingerprint density at radius 1 is 0.743 bits per heavy atom. The Morgan fingerprint density at radius 3 is 1.91 bits per heavy atom. The SMILES string of the molecule is Cc1cn(CC(=O)N(CCNC(=O)CN(CCN)C(=O)Cn2ccc(N)nc2=O)CC(=O)NCCN(CC(=O)C(C)(C)N[C@@H](CCCCN)C(=O)NC(C)C)C(=O)Cn2cnc3c(=O)[nH]c(N)nc32)c(=O)[nH]c1=O. The largest absolute Gasteiger partial charge is 0.383 e. The summed E-state index contributed by atoms with van der Waals surface area (Å²) in [4.78, 5) is 164. The zero-order chi connectivity index (χ0) is 54.9. The zero-order valence-corrected chi connectivity index (χ0v) is 42.1. The Hall–Kier alpha value is -8.12. The third kappa shape index (κ3) is 17.3. The number of aryl methyl sites for hydroxylation is 1. The highest BCUT2D eigenvalue weighted by molar-refractivity contribution is 5.93. The number of H-pyrrole nitrogens is 2. The first-order chi connectivity index (χ1) is 34.9. The van der Waals surface area contributed by atoms with E-state index in [2.05, 4.69) is 46.2 Å². The van der Waals surface area contributed by atoms with Crippen LogP contribution in [-0.2, 0) is 53.2 Å². The van der Waals surface area contributed by atoms with Gasteiger partial charge in [-0.15, -0.1) is 0 Å². The third-order valence-corrected chi connectivity index (χ3v) is 11.3. The molecule has 74 heavy (non-hydrogen) atoms. The van der Waals surface area contributed by atoms with Crippen LogP contribution >= 0.6 is 0 Å². The number of aromatic amines is 2. The summed E-state index contributed by atoms with van der Waals surface area (Å²) in [5.74, 6) is -4.66. The van der Waals surface area contributed by atoms with Gasteiger partial charge in [-0.05, 0) is 60.1 Å². The van der Waals surface area contributed by atoms with Gasteiger partial charge in [-0.1, -0.05) is 6.42 Å². The highest BCUT2D eigenvalue weighted by Crippen LogP contribution is 2.13. The first kappa shape index (κ1) is 58.5. The maximum atomic E-state index is 14.1. The van der Waals surface area contributed by atoms with Crippen LogP contribution < -0.4 is 66.7 Å². The van der Waals surface area contributed by atoms with Crippen molar-refractivity contribution >= 4 is 64.2 Å². The lowest BCUT2D eigenvalue weighted by molar-refractivity contribution is -0.138. The van der Waals surface area contributed by atoms with Gasteiger partial charge in [0.25, 0.3) is 11.1 Å². The predicted molar refractivity (Wildman–Crippen MR) is 269 cm³/mol. The fraction of sp³-hybridized carbons (Fsp3) is 0.545. The van der Waals surface area contributed by atoms with Gasteiger partial charge in [0.2, 0.25) is 41.4 Å². The molecule has 0 unspecified atom stereocenters. The number of nitrogen functional groups attached to an aromatic ring is 2. The Kier molecular flexibility index (Phi) is 21.4. The minimum atomic E-state index is -1.38. The molecule has 4 aromatic heterocycles. The van der Waals surface area contributed by atoms with Crippen molar-refractivity contribution in [2.45, 2.75) is 91.1 Å². The van der Waals surface area contributed by atoms with Crippen molar-refractivity contribution in [1.82, 2.24) is 74.6 Å². The summed E-state index contributed by atoms with van der Waals surface area (Å²) in [5.41, 5.74) is 18.3. The molecule has 6 amide bonds. The first-order valence-electron chi connectivity index (χ1n) is 23.6. The lowest BCUT2D eigenvalue weighted by atomic mass is 9.95. The number of nitrogens with one attached hydrogen (secondary N) is 6. The number of hydrogen-bond acceptors (Lipinski definition) is 19. The molecule has 0 aliphatic carbocycles. The van der Waals surface area contributed by atoms with Crippen LogP contribution in [0.15, 0.2) is 44.0 Å². The number of amides is 6. The standard InChI is InChI=1S/C44H67N19O11/c1-26(2)52-39(71)28(8-6-7-10-45)57-44(4,5)29(64)19-59(35(69)24-63-25-51-36-37(63)54-41(48)55-40(36)72)16-12-49-32(66)21-60(34(68)23-62-18-27(3)38(70)56-43(62)74)17-13-50-31(65)20-58(15-11-46)33(67)22-61-14-9-30(47)53-42(61)73/h9,14,18,25-26,28,57H,6-8,10-13,15-17,19-24,45-46H2,1-5H3,(H,49,66)(H,50,65)(H,52,71)(H2,47,53,73)(H,56,70,74)(H3,48,54,55,72)/t28-/m0/s1. The van der Waals surface area contributed by atoms with Crippen LogP contribution in [0.1, 0.15) is 52.5 Å². The van der Waals surface area contributed by atoms with Gasteiger partial charge in [0.1, 0.15) is 25.5 Å². The molecule has 0 aromatic carbocycles. The second kappa shape index (κ2) is 27.1. The molecule has 0 fully saturated rings. The average molecular weight is 1040 g/mol. The van der Waals surface area contributed by atoms with Gasteiger partial charge in [-0.2, -0.15) is 9.97 Å². The van der Waals surface area contributed by atoms with Gasteiger partial charge in [0, 0.05) is 63.3 Å². The number of rotatable bonds is 29. The van der Waals surface area contributed by atoms with Crippen molar-refractivity contribution in [3.8, 4) is 0 Å². The van der Waals surface area contributed by atoms with Crippen molar-refractivity contribution in [2.24, 2.45) is 11.5 Å². The van der Waals surface area contributed by atoms with Crippen LogP contribution in [0.2, 0.25) is 0 Å². The number of nitrogens with two attached hydrogens (primary N) is 4. The molecule has 0 saturated heterocycles. The Bertz CT molecular complexity index is 2900. The Balaban J connectivity index is 1.52. The van der Waals surface area contributed by atoms with E-state index in [-0.39, 0.29) is 79.7 Å². The van der Waals surface area contributed by atoms with E-state index in [4.69, 9.17) is 22.9 Å². The lowest BCUT2D eigenvalue weighted by Gasteiger charge is -2.33. The molecule has 0 spiro atoms. The summed E-state index contributed by atoms with van der Waals surface area (Å²) in [7, 11) is 0. The molecular weight excluding hydrogens is 971 g/mol. The number of carbonyl (C=O) groups excluding carboxylic acids is 7. The van der Waals surface area contributed by atoms with E-state index in [1.54, 1.807) is 27.7 Å². The Morgan fingerprint density at radius 2 is 1.32 bits per heavy atom. The number of aromatic nitrogens is 8. The second-order valence-corrected chi connectivity index (χ2v) is 18.1. The Labute approximate surface area is 423 Å². The number of Topliss-reactive ketones (excluding diaryl/α,β-unsaturated/α-hetero) is 1. The topological polar surface area (TPSA) is 435 Å². The predicted octanol–water partition coefficient (Wildman–Crippen LogP) is -5.96. The molecule has 30 nitrogen and oxygen atoms in total. The molecule has 14 N–H and O–H groups in total. The van der Waals surface area contributed by atoms with Crippen molar-refractivity contribution < 1.29 is 33.6 Å². The van der Waals surface area contributed by atoms with E-state index < -0.39 is 109 Å². The molecule has 0 bridgehead atoms. The zero-order valence-electron chi connectivity index (χ0n) is 42.1. The molecule has 1 atom stereocenters. The minimum absolute atomic E-state index is 0.00980. The van der Waals surface area contributed by atoms with Crippen LogP contribution in [0.25, 0.3) is 11.2 Å². The molecule has 0 radical (unpaired) electrons. The monoisotopic (exact) mass is 1040 g/mol. The normalized spacial score (nSPS) is 11.8. The van der Waals surface area contributed by atoms with Crippen molar-refractivity contribution in [3.05, 3.63) is 72.0 Å². The summed E-state index contributed by atoms with van der Waals surface area (Å²) in [6.07, 6.45) is 5.22. The molecule has 0 aliphatic heterocycles. The number of nitrogens with zero attached hydrogens (tertiary/aromatic N) is 9. The van der Waals surface area contributed by atoms with Gasteiger partial charge in [0.15, 0.2) is 16.9 Å². The summed E-state index contributed by atoms with van der Waals surface area (Å²) in [5, 5.41) is 11.2. The summed E-state index contributed by atoms with van der Waals surface area (Å²) >= 11 is 0. The summed E-state index contributed by atoms with van der Waals surface area (Å²) in [6.45, 7) is 4.08. The number of ketones is 1. The van der Waals surface area contributed by atoms with Crippen LogP contribution in [0.3, 0.4) is 0 Å². The maximum Gasteiger partial charge on any atom is 0.349 e. The van der Waals surface area contributed by atoms with E-state index in [1.807, 2.05) is 0 Å². The summed E-state index contributed by atoms with van der Waals surface area (Å²) < 4.78 is 3.19. The van der Waals surface area contributed by atoms with Crippen LogP contribution in [0.4, 0.5) is 11.8 Å². The van der Waals surface area contributed by atoms with Gasteiger partial charge in [0.05, 0.1) is 37.5 Å². The highest BCUT2D eigenvalue weighted by Gasteiger charge is 2.35. The van der Waals surface area contributed by atoms with E-state index in [0.29, 0.717) is 25.8 Å². The summed E-state index contributed by atoms with van der Waals surface area (Å²) in [6, 6.07) is 0.334. The molecule has 30 heteroatoms. The smallest absolute Gasteiger partial charge is 0.349 e. The van der Waals surface area contributed by atoms with E-state index in [0.717, 1.165) is 23.8 Å².